The number of rotatable bonds is 4. The molecule has 0 amide bonds. The molecule has 0 saturated heterocycles. The van der Waals surface area contributed by atoms with E-state index in [2.05, 4.69) is 21.0 Å². The minimum Gasteiger partial charge on any atom is -0.455 e. The summed E-state index contributed by atoms with van der Waals surface area (Å²) >= 11 is 1.50. The number of nitrogens with zero attached hydrogens (tertiary/aromatic N) is 3. The number of hydrogen-bond acceptors (Lipinski definition) is 6. The third kappa shape index (κ3) is 3.25. The van der Waals surface area contributed by atoms with Crippen LogP contribution in [0, 0.1) is 0 Å². The molecule has 5 nitrogen and oxygen atoms in total. The number of furan rings is 1. The maximum Gasteiger partial charge on any atom is 0.187 e. The van der Waals surface area contributed by atoms with Gasteiger partial charge < -0.3 is 4.42 Å². The van der Waals surface area contributed by atoms with Crippen molar-refractivity contribution in [3.8, 4) is 33.8 Å². The van der Waals surface area contributed by atoms with Crippen LogP contribution in [0.4, 0.5) is 0 Å². The first kappa shape index (κ1) is 17.8. The van der Waals surface area contributed by atoms with Crippen LogP contribution >= 0.6 is 11.8 Å². The van der Waals surface area contributed by atoms with Crippen LogP contribution in [0.5, 0.6) is 0 Å². The standard InChI is InChI=1S/C23H17N3O2S/c1-29-23-25-12-17(13-26-23)21-11-19(22(28-21)14-6-8-24-9-7-14)16-2-4-18-15(10-16)3-5-20(18)27/h2,4,6-13H,3,5H2,1H3. The van der Waals surface area contributed by atoms with Crippen molar-refractivity contribution >= 4 is 17.5 Å². The van der Waals surface area contributed by atoms with Gasteiger partial charge in [0.1, 0.15) is 11.5 Å². The molecule has 0 bridgehead atoms. The highest BCUT2D eigenvalue weighted by Gasteiger charge is 2.22. The van der Waals surface area contributed by atoms with E-state index < -0.39 is 0 Å². The quantitative estimate of drug-likeness (QED) is 0.342. The van der Waals surface area contributed by atoms with Crippen molar-refractivity contribution in [3.63, 3.8) is 0 Å². The number of ketones is 1. The maximum atomic E-state index is 12.0. The van der Waals surface area contributed by atoms with Crippen LogP contribution in [0.1, 0.15) is 22.3 Å². The Kier molecular flexibility index (Phi) is 4.48. The van der Waals surface area contributed by atoms with Crippen molar-refractivity contribution < 1.29 is 9.21 Å². The molecule has 0 fully saturated rings. The summed E-state index contributed by atoms with van der Waals surface area (Å²) in [5.74, 6) is 1.69. The fourth-order valence-electron chi connectivity index (χ4n) is 3.64. The first-order valence-corrected chi connectivity index (χ1v) is 10.5. The maximum absolute atomic E-state index is 12.0. The number of thioether (sulfide) groups is 1. The second-order valence-electron chi connectivity index (χ2n) is 6.84. The Balaban J connectivity index is 1.65. The second-order valence-corrected chi connectivity index (χ2v) is 7.62. The number of carbonyl (C=O) groups is 1. The molecule has 1 aliphatic carbocycles. The molecule has 5 rings (SSSR count). The average molecular weight is 399 g/mol. The van der Waals surface area contributed by atoms with Crippen LogP contribution in [0.3, 0.4) is 0 Å². The summed E-state index contributed by atoms with van der Waals surface area (Å²) in [6, 6.07) is 11.9. The third-order valence-electron chi connectivity index (χ3n) is 5.11. The molecule has 0 radical (unpaired) electrons. The number of carbonyl (C=O) groups excluding carboxylic acids is 1. The lowest BCUT2D eigenvalue weighted by atomic mass is 9.98. The molecule has 0 N–H and O–H groups in total. The predicted molar refractivity (Wildman–Crippen MR) is 113 cm³/mol. The molecule has 4 aromatic rings. The van der Waals surface area contributed by atoms with E-state index in [-0.39, 0.29) is 5.78 Å². The van der Waals surface area contributed by atoms with Gasteiger partial charge in [0.2, 0.25) is 0 Å². The van der Waals surface area contributed by atoms with E-state index in [9.17, 15) is 4.79 Å². The highest BCUT2D eigenvalue weighted by Crippen LogP contribution is 2.39. The Hall–Kier alpha value is -3.25. The Labute approximate surface area is 172 Å². The minimum atomic E-state index is 0.222. The summed E-state index contributed by atoms with van der Waals surface area (Å²) in [6.45, 7) is 0. The number of Topliss-reactive ketones (excluding diaryl/α,β-unsaturated/α-hetero) is 1. The predicted octanol–water partition coefficient (Wildman–Crippen LogP) is 5.32. The molecule has 1 aromatic carbocycles. The summed E-state index contributed by atoms with van der Waals surface area (Å²) in [6.07, 6.45) is 10.4. The Morgan fingerprint density at radius 2 is 1.69 bits per heavy atom. The van der Waals surface area contributed by atoms with Crippen LogP contribution in [0.2, 0.25) is 0 Å². The number of fused-ring (bicyclic) bond motifs is 1. The number of pyridine rings is 1. The van der Waals surface area contributed by atoms with Crippen molar-refractivity contribution in [3.05, 3.63) is 72.3 Å². The number of aromatic nitrogens is 3. The summed E-state index contributed by atoms with van der Waals surface area (Å²) in [7, 11) is 0. The monoisotopic (exact) mass is 399 g/mol. The summed E-state index contributed by atoms with van der Waals surface area (Å²) < 4.78 is 6.27. The molecule has 1 aliphatic rings. The van der Waals surface area contributed by atoms with Gasteiger partial charge in [-0.15, -0.1) is 0 Å². The van der Waals surface area contributed by atoms with Crippen molar-refractivity contribution in [2.75, 3.05) is 6.26 Å². The lowest BCUT2D eigenvalue weighted by Gasteiger charge is -2.05. The molecule has 0 unspecified atom stereocenters. The topological polar surface area (TPSA) is 68.9 Å². The summed E-state index contributed by atoms with van der Waals surface area (Å²) in [4.78, 5) is 24.8. The van der Waals surface area contributed by atoms with Crippen LogP contribution in [-0.4, -0.2) is 27.0 Å². The minimum absolute atomic E-state index is 0.222. The molecule has 142 valence electrons. The van der Waals surface area contributed by atoms with Gasteiger partial charge in [0.25, 0.3) is 0 Å². The molecule has 3 heterocycles. The Morgan fingerprint density at radius 1 is 0.897 bits per heavy atom. The summed E-state index contributed by atoms with van der Waals surface area (Å²) in [5.41, 5.74) is 5.71. The zero-order chi connectivity index (χ0) is 19.8. The number of benzene rings is 1. The van der Waals surface area contributed by atoms with Gasteiger partial charge in [-0.25, -0.2) is 9.97 Å². The third-order valence-corrected chi connectivity index (χ3v) is 5.68. The molecule has 0 aliphatic heterocycles. The van der Waals surface area contributed by atoms with Gasteiger partial charge in [-0.1, -0.05) is 30.0 Å². The fourth-order valence-corrected chi connectivity index (χ4v) is 3.95. The van der Waals surface area contributed by atoms with Crippen LogP contribution in [-0.2, 0) is 6.42 Å². The van der Waals surface area contributed by atoms with E-state index >= 15 is 0 Å². The molecular weight excluding hydrogens is 382 g/mol. The average Bonchev–Trinajstić information content (AvgIpc) is 3.38. The van der Waals surface area contributed by atoms with Gasteiger partial charge in [-0.3, -0.25) is 9.78 Å². The van der Waals surface area contributed by atoms with E-state index in [4.69, 9.17) is 4.42 Å². The molecule has 6 heteroatoms. The van der Waals surface area contributed by atoms with Crippen LogP contribution in [0.15, 0.2) is 70.8 Å². The Bertz CT molecular complexity index is 1200. The largest absolute Gasteiger partial charge is 0.455 e. The van der Waals surface area contributed by atoms with Crippen molar-refractivity contribution in [1.29, 1.82) is 0 Å². The molecule has 0 atom stereocenters. The molecule has 0 spiro atoms. The highest BCUT2D eigenvalue weighted by molar-refractivity contribution is 7.98. The van der Waals surface area contributed by atoms with Gasteiger partial charge in [-0.05, 0) is 42.0 Å². The van der Waals surface area contributed by atoms with Crippen LogP contribution < -0.4 is 0 Å². The molecular formula is C23H17N3O2S. The molecule has 3 aromatic heterocycles. The van der Waals surface area contributed by atoms with E-state index in [0.29, 0.717) is 12.2 Å². The SMILES string of the molecule is CSc1ncc(-c2cc(-c3ccc4c(c3)CCC4=O)c(-c3ccncc3)o2)cn1. The highest BCUT2D eigenvalue weighted by atomic mass is 32.2. The van der Waals surface area contributed by atoms with Gasteiger partial charge in [0.05, 0.1) is 5.56 Å². The van der Waals surface area contributed by atoms with E-state index in [1.54, 1.807) is 24.8 Å². The lowest BCUT2D eigenvalue weighted by Crippen LogP contribution is -1.91. The molecule has 0 saturated carbocycles. The number of aryl methyl sites for hydroxylation is 1. The smallest absolute Gasteiger partial charge is 0.187 e. The first-order valence-electron chi connectivity index (χ1n) is 9.30. The Morgan fingerprint density at radius 3 is 2.45 bits per heavy atom. The van der Waals surface area contributed by atoms with Crippen molar-refractivity contribution in [2.45, 2.75) is 18.0 Å². The van der Waals surface area contributed by atoms with Crippen molar-refractivity contribution in [1.82, 2.24) is 15.0 Å². The lowest BCUT2D eigenvalue weighted by molar-refractivity contribution is 0.0994. The first-order chi connectivity index (χ1) is 14.2. The zero-order valence-electron chi connectivity index (χ0n) is 15.8. The zero-order valence-corrected chi connectivity index (χ0v) is 16.6. The van der Waals surface area contributed by atoms with E-state index in [1.165, 1.54) is 11.8 Å². The van der Waals surface area contributed by atoms with Gasteiger partial charge in [0.15, 0.2) is 10.9 Å². The molecule has 29 heavy (non-hydrogen) atoms. The summed E-state index contributed by atoms with van der Waals surface area (Å²) in [5, 5.41) is 0.721. The normalized spacial score (nSPS) is 12.9. The van der Waals surface area contributed by atoms with E-state index in [0.717, 1.165) is 50.7 Å². The second kappa shape index (κ2) is 7.29. The fraction of sp³-hybridized carbons (Fsp3) is 0.130. The number of hydrogen-bond donors (Lipinski definition) is 0. The van der Waals surface area contributed by atoms with Crippen LogP contribution in [0.25, 0.3) is 33.8 Å². The van der Waals surface area contributed by atoms with Gasteiger partial charge in [-0.2, -0.15) is 0 Å². The van der Waals surface area contributed by atoms with Crippen molar-refractivity contribution in [2.24, 2.45) is 0 Å². The van der Waals surface area contributed by atoms with Gasteiger partial charge in [0, 0.05) is 47.9 Å². The van der Waals surface area contributed by atoms with Gasteiger partial charge >= 0.3 is 0 Å². The van der Waals surface area contributed by atoms with E-state index in [1.807, 2.05) is 36.6 Å².